The highest BCUT2D eigenvalue weighted by Crippen LogP contribution is 2.64. The molecule has 0 aromatic heterocycles. The first kappa shape index (κ1) is 13.3. The van der Waals surface area contributed by atoms with Crippen molar-refractivity contribution < 1.29 is 14.3 Å². The number of ether oxygens (including phenoxy) is 2. The van der Waals surface area contributed by atoms with Crippen molar-refractivity contribution in [1.82, 2.24) is 0 Å². The quantitative estimate of drug-likeness (QED) is 0.782. The molecule has 19 heavy (non-hydrogen) atoms. The molecule has 0 unspecified atom stereocenters. The van der Waals surface area contributed by atoms with Crippen LogP contribution in [0.25, 0.3) is 0 Å². The molecule has 3 nitrogen and oxygen atoms in total. The number of allylic oxidation sites excluding steroid dienone is 2. The lowest BCUT2D eigenvalue weighted by molar-refractivity contribution is -0.148. The molecule has 1 aliphatic heterocycles. The largest absolute Gasteiger partial charge is 0.348 e. The van der Waals surface area contributed by atoms with Gasteiger partial charge in [0.05, 0.1) is 13.2 Å². The summed E-state index contributed by atoms with van der Waals surface area (Å²) in [5.41, 5.74) is 1.37. The van der Waals surface area contributed by atoms with Gasteiger partial charge in [0.2, 0.25) is 0 Å². The Morgan fingerprint density at radius 1 is 1.26 bits per heavy atom. The second kappa shape index (κ2) is 4.42. The summed E-state index contributed by atoms with van der Waals surface area (Å²) < 4.78 is 11.3. The second-order valence-corrected chi connectivity index (χ2v) is 6.90. The molecule has 0 N–H and O–H groups in total. The van der Waals surface area contributed by atoms with E-state index in [1.807, 2.05) is 6.92 Å². The third-order valence-corrected chi connectivity index (χ3v) is 5.25. The molecule has 1 saturated carbocycles. The van der Waals surface area contributed by atoms with Gasteiger partial charge in [-0.05, 0) is 42.6 Å². The number of hydrogen-bond acceptors (Lipinski definition) is 3. The fourth-order valence-electron chi connectivity index (χ4n) is 3.94. The molecule has 0 aromatic rings. The Balaban J connectivity index is 1.61. The maximum absolute atomic E-state index is 11.9. The highest BCUT2D eigenvalue weighted by Gasteiger charge is 2.60. The molecule has 3 aliphatic rings. The van der Waals surface area contributed by atoms with Crippen molar-refractivity contribution in [2.24, 2.45) is 17.3 Å². The smallest absolute Gasteiger partial charge is 0.165 e. The van der Waals surface area contributed by atoms with Crippen molar-refractivity contribution in [1.29, 1.82) is 0 Å². The molecule has 2 fully saturated rings. The summed E-state index contributed by atoms with van der Waals surface area (Å²) in [6, 6.07) is 0. The Morgan fingerprint density at radius 3 is 2.53 bits per heavy atom. The van der Waals surface area contributed by atoms with Crippen LogP contribution in [0, 0.1) is 17.3 Å². The van der Waals surface area contributed by atoms with Crippen LogP contribution in [0.2, 0.25) is 0 Å². The monoisotopic (exact) mass is 264 g/mol. The molecule has 1 heterocycles. The van der Waals surface area contributed by atoms with Crippen LogP contribution in [0.4, 0.5) is 0 Å². The van der Waals surface area contributed by atoms with Crippen LogP contribution < -0.4 is 0 Å². The molecule has 0 amide bonds. The van der Waals surface area contributed by atoms with Crippen LogP contribution in [-0.2, 0) is 14.3 Å². The first-order valence-corrected chi connectivity index (χ1v) is 7.45. The lowest BCUT2D eigenvalue weighted by Gasteiger charge is -2.22. The van der Waals surface area contributed by atoms with Crippen molar-refractivity contribution in [3.05, 3.63) is 11.6 Å². The van der Waals surface area contributed by atoms with Gasteiger partial charge in [-0.1, -0.05) is 19.9 Å². The Morgan fingerprint density at radius 2 is 1.95 bits per heavy atom. The summed E-state index contributed by atoms with van der Waals surface area (Å²) in [5.74, 6) is 1.05. The van der Waals surface area contributed by atoms with Crippen LogP contribution in [0.1, 0.15) is 46.5 Å². The molecule has 0 spiro atoms. The summed E-state index contributed by atoms with van der Waals surface area (Å²) in [6.45, 7) is 8.01. The standard InChI is InChI=1S/C16H24O3/c1-15(2)12(7-8-16(3)18-9-10-19-16)14(15)11-5-4-6-13(11)17/h5,12,14H,4,6-10H2,1-3H3/t12-,14+/m1/s1. The number of carbonyl (C=O) groups excluding carboxylic acids is 1. The number of carbonyl (C=O) groups is 1. The fourth-order valence-corrected chi connectivity index (χ4v) is 3.94. The SMILES string of the molecule is CC1(CC[C@@H]2[C@H](C3=CCCC3=O)C2(C)C)OCCO1. The Bertz CT molecular complexity index is 416. The summed E-state index contributed by atoms with van der Waals surface area (Å²) in [4.78, 5) is 11.9. The average Bonchev–Trinajstić information content (AvgIpc) is 2.77. The normalized spacial score (nSPS) is 35.5. The Hall–Kier alpha value is -0.670. The van der Waals surface area contributed by atoms with Gasteiger partial charge in [0.15, 0.2) is 11.6 Å². The van der Waals surface area contributed by atoms with E-state index in [9.17, 15) is 4.79 Å². The predicted molar refractivity (Wildman–Crippen MR) is 72.6 cm³/mol. The molecule has 0 aromatic carbocycles. The van der Waals surface area contributed by atoms with Crippen molar-refractivity contribution in [3.8, 4) is 0 Å². The van der Waals surface area contributed by atoms with Gasteiger partial charge in [-0.25, -0.2) is 0 Å². The minimum Gasteiger partial charge on any atom is -0.348 e. The number of hydrogen-bond donors (Lipinski definition) is 0. The Labute approximate surface area is 115 Å². The lowest BCUT2D eigenvalue weighted by Crippen LogP contribution is -2.25. The molecule has 0 radical (unpaired) electrons. The maximum atomic E-state index is 11.9. The van der Waals surface area contributed by atoms with Crippen molar-refractivity contribution >= 4 is 5.78 Å². The molecular formula is C16H24O3. The molecule has 2 aliphatic carbocycles. The van der Waals surface area contributed by atoms with E-state index < -0.39 is 5.79 Å². The lowest BCUT2D eigenvalue weighted by atomic mass is 10.0. The van der Waals surface area contributed by atoms with E-state index in [1.54, 1.807) is 0 Å². The molecule has 2 atom stereocenters. The van der Waals surface area contributed by atoms with Gasteiger partial charge in [-0.3, -0.25) is 4.79 Å². The summed E-state index contributed by atoms with van der Waals surface area (Å²) in [7, 11) is 0. The van der Waals surface area contributed by atoms with Crippen LogP contribution in [0.5, 0.6) is 0 Å². The number of rotatable bonds is 4. The van der Waals surface area contributed by atoms with Crippen LogP contribution in [0.3, 0.4) is 0 Å². The van der Waals surface area contributed by atoms with Gasteiger partial charge in [-0.15, -0.1) is 0 Å². The van der Waals surface area contributed by atoms with E-state index in [4.69, 9.17) is 9.47 Å². The zero-order valence-corrected chi connectivity index (χ0v) is 12.2. The van der Waals surface area contributed by atoms with E-state index in [-0.39, 0.29) is 5.41 Å². The summed E-state index contributed by atoms with van der Waals surface area (Å²) in [5, 5.41) is 0. The van der Waals surface area contributed by atoms with Crippen molar-refractivity contribution in [2.75, 3.05) is 13.2 Å². The minimum absolute atomic E-state index is 0.265. The average molecular weight is 264 g/mol. The molecule has 0 bridgehead atoms. The van der Waals surface area contributed by atoms with E-state index in [2.05, 4.69) is 19.9 Å². The van der Waals surface area contributed by atoms with Gasteiger partial charge in [0.25, 0.3) is 0 Å². The highest BCUT2D eigenvalue weighted by atomic mass is 16.7. The zero-order valence-electron chi connectivity index (χ0n) is 12.2. The maximum Gasteiger partial charge on any atom is 0.165 e. The Kier molecular flexibility index (Phi) is 3.10. The zero-order chi connectivity index (χ0) is 13.7. The summed E-state index contributed by atoms with van der Waals surface area (Å²) in [6.07, 6.45) is 5.84. The topological polar surface area (TPSA) is 35.5 Å². The van der Waals surface area contributed by atoms with E-state index in [0.717, 1.165) is 31.3 Å². The van der Waals surface area contributed by atoms with Crippen LogP contribution in [-0.4, -0.2) is 24.8 Å². The van der Waals surface area contributed by atoms with Gasteiger partial charge in [0, 0.05) is 12.8 Å². The molecule has 1 saturated heterocycles. The second-order valence-electron chi connectivity index (χ2n) is 6.90. The number of Topliss-reactive ketones (excluding diaryl/α,β-unsaturated/α-hetero) is 1. The van der Waals surface area contributed by atoms with Crippen LogP contribution >= 0.6 is 0 Å². The summed E-state index contributed by atoms with van der Waals surface area (Å²) >= 11 is 0. The molecule has 106 valence electrons. The number of ketones is 1. The van der Waals surface area contributed by atoms with Crippen molar-refractivity contribution in [3.63, 3.8) is 0 Å². The predicted octanol–water partition coefficient (Wildman–Crippen LogP) is 3.09. The van der Waals surface area contributed by atoms with Gasteiger partial charge >= 0.3 is 0 Å². The van der Waals surface area contributed by atoms with Crippen LogP contribution in [0.15, 0.2) is 11.6 Å². The molecule has 3 heteroatoms. The first-order valence-electron chi connectivity index (χ1n) is 7.45. The third kappa shape index (κ3) is 2.27. The van der Waals surface area contributed by atoms with Gasteiger partial charge < -0.3 is 9.47 Å². The minimum atomic E-state index is -0.392. The van der Waals surface area contributed by atoms with Gasteiger partial charge in [-0.2, -0.15) is 0 Å². The van der Waals surface area contributed by atoms with E-state index in [1.165, 1.54) is 0 Å². The van der Waals surface area contributed by atoms with E-state index in [0.29, 0.717) is 30.8 Å². The van der Waals surface area contributed by atoms with Gasteiger partial charge in [0.1, 0.15) is 0 Å². The third-order valence-electron chi connectivity index (χ3n) is 5.25. The first-order chi connectivity index (χ1) is 8.94. The van der Waals surface area contributed by atoms with E-state index >= 15 is 0 Å². The highest BCUT2D eigenvalue weighted by molar-refractivity contribution is 5.98. The fraction of sp³-hybridized carbons (Fsp3) is 0.812. The molecule has 3 rings (SSSR count). The molecular weight excluding hydrogens is 240 g/mol. The van der Waals surface area contributed by atoms with Crippen molar-refractivity contribution in [2.45, 2.75) is 52.2 Å².